The van der Waals surface area contributed by atoms with Gasteiger partial charge in [0.05, 0.1) is 23.6 Å². The zero-order valence-electron chi connectivity index (χ0n) is 20.6. The minimum Gasteiger partial charge on any atom is -0.497 e. The molecule has 0 aliphatic heterocycles. The molecule has 1 N–H and O–H groups in total. The molecule has 37 heavy (non-hydrogen) atoms. The Labute approximate surface area is 230 Å². The lowest BCUT2D eigenvalue weighted by molar-refractivity contribution is -0.118. The number of hydrogen-bond donors (Lipinski definition) is 1. The molecule has 0 unspecified atom stereocenters. The number of halogens is 2. The van der Waals surface area contributed by atoms with Gasteiger partial charge in [0.2, 0.25) is 5.91 Å². The molecule has 3 aromatic carbocycles. The predicted octanol–water partition coefficient (Wildman–Crippen LogP) is 6.19. The average Bonchev–Trinajstić information content (AvgIpc) is 3.30. The SMILES string of the molecule is COc1ccc(CNC(=O)CSc2nnc(COc3ccc(Cl)cc3Cl)n2-c2cc(C)ccc2C)cc1. The van der Waals surface area contributed by atoms with Gasteiger partial charge in [0.25, 0.3) is 0 Å². The number of methoxy groups -OCH3 is 1. The van der Waals surface area contributed by atoms with E-state index in [1.165, 1.54) is 11.8 Å². The smallest absolute Gasteiger partial charge is 0.230 e. The lowest BCUT2D eigenvalue weighted by atomic mass is 10.1. The Bertz CT molecular complexity index is 1390. The van der Waals surface area contributed by atoms with Crippen molar-refractivity contribution in [2.75, 3.05) is 12.9 Å². The quantitative estimate of drug-likeness (QED) is 0.235. The normalized spacial score (nSPS) is 10.8. The molecule has 0 aliphatic carbocycles. The van der Waals surface area contributed by atoms with Crippen molar-refractivity contribution in [2.45, 2.75) is 32.2 Å². The topological polar surface area (TPSA) is 78.3 Å². The van der Waals surface area contributed by atoms with Crippen molar-refractivity contribution in [3.63, 3.8) is 0 Å². The Hall–Kier alpha value is -3.20. The monoisotopic (exact) mass is 556 g/mol. The van der Waals surface area contributed by atoms with Crippen molar-refractivity contribution in [1.29, 1.82) is 0 Å². The molecule has 0 fully saturated rings. The van der Waals surface area contributed by atoms with Gasteiger partial charge in [-0.3, -0.25) is 9.36 Å². The third kappa shape index (κ3) is 6.97. The van der Waals surface area contributed by atoms with E-state index in [2.05, 4.69) is 21.6 Å². The summed E-state index contributed by atoms with van der Waals surface area (Å²) in [6.07, 6.45) is 0. The van der Waals surface area contributed by atoms with Crippen LogP contribution >= 0.6 is 35.0 Å². The molecular weight excluding hydrogens is 531 g/mol. The van der Waals surface area contributed by atoms with Gasteiger partial charge in [0.15, 0.2) is 11.0 Å². The first kappa shape index (κ1) is 26.9. The molecule has 0 atom stereocenters. The third-order valence-corrected chi connectivity index (χ3v) is 7.00. The number of benzene rings is 3. The van der Waals surface area contributed by atoms with Gasteiger partial charge in [-0.1, -0.05) is 59.2 Å². The number of rotatable bonds is 10. The molecule has 0 aliphatic rings. The Morgan fingerprint density at radius 3 is 2.54 bits per heavy atom. The van der Waals surface area contributed by atoms with Crippen LogP contribution in [0.2, 0.25) is 10.0 Å². The number of hydrogen-bond acceptors (Lipinski definition) is 6. The number of ether oxygens (including phenoxy) is 2. The fraction of sp³-hybridized carbons (Fsp3) is 0.222. The number of carbonyl (C=O) groups excluding carboxylic acids is 1. The molecule has 7 nitrogen and oxygen atoms in total. The van der Waals surface area contributed by atoms with E-state index in [4.69, 9.17) is 32.7 Å². The maximum Gasteiger partial charge on any atom is 0.230 e. The second kappa shape index (κ2) is 12.4. The summed E-state index contributed by atoms with van der Waals surface area (Å²) in [6, 6.07) is 18.8. The summed E-state index contributed by atoms with van der Waals surface area (Å²) in [4.78, 5) is 12.6. The number of carbonyl (C=O) groups is 1. The minimum atomic E-state index is -0.109. The largest absolute Gasteiger partial charge is 0.497 e. The van der Waals surface area contributed by atoms with Gasteiger partial charge < -0.3 is 14.8 Å². The van der Waals surface area contributed by atoms with Gasteiger partial charge in [-0.05, 0) is 66.9 Å². The first-order valence-corrected chi connectivity index (χ1v) is 13.2. The standard InChI is InChI=1S/C27H26Cl2N4O3S/c1-17-4-5-18(2)23(12-17)33-25(15-36-24-11-8-20(28)13-22(24)29)31-32-27(33)37-16-26(34)30-14-19-6-9-21(35-3)10-7-19/h4-13H,14-16H2,1-3H3,(H,30,34). The summed E-state index contributed by atoms with van der Waals surface area (Å²) >= 11 is 13.6. The van der Waals surface area contributed by atoms with Crippen molar-refractivity contribution in [3.8, 4) is 17.2 Å². The van der Waals surface area contributed by atoms with E-state index in [0.29, 0.717) is 33.3 Å². The number of aromatic nitrogens is 3. The summed E-state index contributed by atoms with van der Waals surface area (Å²) < 4.78 is 13.0. The fourth-order valence-corrected chi connectivity index (χ4v) is 4.81. The molecule has 192 valence electrons. The van der Waals surface area contributed by atoms with Crippen LogP contribution in [0.5, 0.6) is 11.5 Å². The molecule has 0 bridgehead atoms. The van der Waals surface area contributed by atoms with Crippen LogP contribution in [0.1, 0.15) is 22.5 Å². The van der Waals surface area contributed by atoms with Crippen LogP contribution in [0, 0.1) is 13.8 Å². The van der Waals surface area contributed by atoms with Crippen LogP contribution in [-0.4, -0.2) is 33.5 Å². The molecular formula is C27H26Cl2N4O3S. The molecule has 0 saturated heterocycles. The van der Waals surface area contributed by atoms with E-state index < -0.39 is 0 Å². The Kier molecular flexibility index (Phi) is 8.97. The van der Waals surface area contributed by atoms with Crippen LogP contribution < -0.4 is 14.8 Å². The van der Waals surface area contributed by atoms with Gasteiger partial charge in [0, 0.05) is 11.6 Å². The van der Waals surface area contributed by atoms with Gasteiger partial charge in [-0.25, -0.2) is 0 Å². The number of nitrogens with one attached hydrogen (secondary N) is 1. The van der Waals surface area contributed by atoms with Crippen LogP contribution in [0.4, 0.5) is 0 Å². The van der Waals surface area contributed by atoms with E-state index in [9.17, 15) is 4.79 Å². The number of nitrogens with zero attached hydrogens (tertiary/aromatic N) is 3. The van der Waals surface area contributed by atoms with Crippen LogP contribution in [0.25, 0.3) is 5.69 Å². The summed E-state index contributed by atoms with van der Waals surface area (Å²) in [6.45, 7) is 4.60. The lowest BCUT2D eigenvalue weighted by Gasteiger charge is -2.14. The zero-order chi connectivity index (χ0) is 26.4. The van der Waals surface area contributed by atoms with Crippen LogP contribution in [-0.2, 0) is 17.9 Å². The Morgan fingerprint density at radius 1 is 1.03 bits per heavy atom. The summed E-state index contributed by atoms with van der Waals surface area (Å²) in [5.41, 5.74) is 4.04. The second-order valence-electron chi connectivity index (χ2n) is 8.30. The second-order valence-corrected chi connectivity index (χ2v) is 10.1. The van der Waals surface area contributed by atoms with E-state index in [1.807, 2.05) is 54.8 Å². The highest BCUT2D eigenvalue weighted by Gasteiger charge is 2.18. The average molecular weight is 558 g/mol. The van der Waals surface area contributed by atoms with Crippen molar-refractivity contribution in [3.05, 3.63) is 93.2 Å². The number of thioether (sulfide) groups is 1. The maximum atomic E-state index is 12.6. The predicted molar refractivity (Wildman–Crippen MR) is 147 cm³/mol. The van der Waals surface area contributed by atoms with Gasteiger partial charge in [-0.15, -0.1) is 10.2 Å². The van der Waals surface area contributed by atoms with E-state index in [-0.39, 0.29) is 18.3 Å². The highest BCUT2D eigenvalue weighted by Crippen LogP contribution is 2.30. The molecule has 4 aromatic rings. The van der Waals surface area contributed by atoms with Gasteiger partial charge in [0.1, 0.15) is 18.1 Å². The molecule has 1 amide bonds. The molecule has 0 radical (unpaired) electrons. The van der Waals surface area contributed by atoms with Crippen molar-refractivity contribution < 1.29 is 14.3 Å². The van der Waals surface area contributed by atoms with Crippen LogP contribution in [0.3, 0.4) is 0 Å². The molecule has 1 aromatic heterocycles. The minimum absolute atomic E-state index is 0.109. The molecule has 1 heterocycles. The molecule has 0 spiro atoms. The number of amides is 1. The summed E-state index contributed by atoms with van der Waals surface area (Å²) in [5.74, 6) is 1.93. The Balaban J connectivity index is 1.49. The fourth-order valence-electron chi connectivity index (χ4n) is 3.55. The van der Waals surface area contributed by atoms with E-state index in [1.54, 1.807) is 25.3 Å². The first-order chi connectivity index (χ1) is 17.8. The highest BCUT2D eigenvalue weighted by atomic mass is 35.5. The lowest BCUT2D eigenvalue weighted by Crippen LogP contribution is -2.24. The van der Waals surface area contributed by atoms with Crippen molar-refractivity contribution >= 4 is 40.9 Å². The van der Waals surface area contributed by atoms with Gasteiger partial charge in [-0.2, -0.15) is 0 Å². The third-order valence-electron chi connectivity index (χ3n) is 5.54. The maximum absolute atomic E-state index is 12.6. The first-order valence-electron chi connectivity index (χ1n) is 11.5. The number of aryl methyl sites for hydroxylation is 2. The van der Waals surface area contributed by atoms with Gasteiger partial charge >= 0.3 is 0 Å². The molecule has 10 heteroatoms. The summed E-state index contributed by atoms with van der Waals surface area (Å²) in [5, 5.41) is 13.2. The molecule has 0 saturated carbocycles. The zero-order valence-corrected chi connectivity index (χ0v) is 23.0. The van der Waals surface area contributed by atoms with Crippen molar-refractivity contribution in [2.24, 2.45) is 0 Å². The summed E-state index contributed by atoms with van der Waals surface area (Å²) in [7, 11) is 1.62. The van der Waals surface area contributed by atoms with Crippen LogP contribution in [0.15, 0.2) is 65.8 Å². The Morgan fingerprint density at radius 2 is 1.81 bits per heavy atom. The molecule has 4 rings (SSSR count). The van der Waals surface area contributed by atoms with E-state index >= 15 is 0 Å². The highest BCUT2D eigenvalue weighted by molar-refractivity contribution is 7.99. The van der Waals surface area contributed by atoms with E-state index in [0.717, 1.165) is 28.1 Å². The van der Waals surface area contributed by atoms with Crippen molar-refractivity contribution in [1.82, 2.24) is 20.1 Å².